The van der Waals surface area contributed by atoms with Gasteiger partial charge >= 0.3 is 0 Å². The van der Waals surface area contributed by atoms with Gasteiger partial charge in [-0.25, -0.2) is 0 Å². The van der Waals surface area contributed by atoms with E-state index in [2.05, 4.69) is 12.2 Å². The van der Waals surface area contributed by atoms with E-state index >= 15 is 0 Å². The van der Waals surface area contributed by atoms with Gasteiger partial charge in [0, 0.05) is 13.7 Å². The van der Waals surface area contributed by atoms with Crippen molar-refractivity contribution in [3.05, 3.63) is 0 Å². The smallest absolute Gasteiger partial charge is 0.0784 e. The molecule has 1 aliphatic heterocycles. The van der Waals surface area contributed by atoms with Crippen LogP contribution in [0.5, 0.6) is 0 Å². The van der Waals surface area contributed by atoms with Gasteiger partial charge in [-0.15, -0.1) is 0 Å². The number of ether oxygens (including phenoxy) is 2. The summed E-state index contributed by atoms with van der Waals surface area (Å²) in [4.78, 5) is 0. The molecule has 12 heavy (non-hydrogen) atoms. The number of hydrogen-bond donors (Lipinski definition) is 1. The molecule has 2 atom stereocenters. The van der Waals surface area contributed by atoms with Gasteiger partial charge < -0.3 is 14.8 Å². The molecule has 1 heterocycles. The first-order valence-corrected chi connectivity index (χ1v) is 4.68. The summed E-state index contributed by atoms with van der Waals surface area (Å²) < 4.78 is 10.7. The summed E-state index contributed by atoms with van der Waals surface area (Å²) in [6.07, 6.45) is 3.02. The van der Waals surface area contributed by atoms with E-state index in [9.17, 15) is 0 Å². The largest absolute Gasteiger partial charge is 0.382 e. The van der Waals surface area contributed by atoms with E-state index in [1.54, 1.807) is 7.11 Å². The van der Waals surface area contributed by atoms with Crippen molar-refractivity contribution in [1.29, 1.82) is 0 Å². The molecule has 1 saturated heterocycles. The fraction of sp³-hybridized carbons (Fsp3) is 1.00. The van der Waals surface area contributed by atoms with Gasteiger partial charge in [-0.05, 0) is 26.3 Å². The van der Waals surface area contributed by atoms with Gasteiger partial charge in [0.15, 0.2) is 0 Å². The number of piperidine rings is 1. The Morgan fingerprint density at radius 2 is 2.42 bits per heavy atom. The van der Waals surface area contributed by atoms with E-state index in [1.807, 2.05) is 0 Å². The summed E-state index contributed by atoms with van der Waals surface area (Å²) in [7, 11) is 1.71. The highest BCUT2D eigenvalue weighted by molar-refractivity contribution is 4.69. The van der Waals surface area contributed by atoms with E-state index in [-0.39, 0.29) is 6.10 Å². The third-order valence-electron chi connectivity index (χ3n) is 2.08. The van der Waals surface area contributed by atoms with E-state index in [0.717, 1.165) is 13.1 Å². The molecule has 72 valence electrons. The van der Waals surface area contributed by atoms with Crippen LogP contribution in [0.4, 0.5) is 0 Å². The average Bonchev–Trinajstić information content (AvgIpc) is 2.06. The number of methoxy groups -OCH3 is 1. The fourth-order valence-electron chi connectivity index (χ4n) is 1.54. The second-order valence-corrected chi connectivity index (χ2v) is 3.37. The van der Waals surface area contributed by atoms with Crippen LogP contribution < -0.4 is 5.32 Å². The van der Waals surface area contributed by atoms with Gasteiger partial charge in [0.05, 0.1) is 18.8 Å². The highest BCUT2D eigenvalue weighted by Gasteiger charge is 2.15. The fourth-order valence-corrected chi connectivity index (χ4v) is 1.54. The molecule has 1 N–H and O–H groups in total. The molecule has 1 unspecified atom stereocenters. The monoisotopic (exact) mass is 173 g/mol. The minimum atomic E-state index is 0.222. The van der Waals surface area contributed by atoms with Crippen LogP contribution in [-0.2, 0) is 9.47 Å². The van der Waals surface area contributed by atoms with Crippen LogP contribution in [0.2, 0.25) is 0 Å². The molecular weight excluding hydrogens is 154 g/mol. The standard InChI is InChI=1S/C9H19NO2/c1-8(7-11-2)12-9-4-3-5-10-6-9/h8-10H,3-7H2,1-2H3/t8?,9-/m0/s1. The Morgan fingerprint density at radius 3 is 3.00 bits per heavy atom. The number of rotatable bonds is 4. The van der Waals surface area contributed by atoms with Crippen molar-refractivity contribution in [3.8, 4) is 0 Å². The third kappa shape index (κ3) is 3.52. The lowest BCUT2D eigenvalue weighted by molar-refractivity contribution is -0.0462. The van der Waals surface area contributed by atoms with Crippen LogP contribution in [0.25, 0.3) is 0 Å². The molecule has 0 aromatic heterocycles. The van der Waals surface area contributed by atoms with Crippen molar-refractivity contribution in [2.75, 3.05) is 26.8 Å². The molecule has 3 heteroatoms. The van der Waals surface area contributed by atoms with Crippen molar-refractivity contribution < 1.29 is 9.47 Å². The van der Waals surface area contributed by atoms with Crippen LogP contribution in [-0.4, -0.2) is 39.0 Å². The summed E-state index contributed by atoms with van der Waals surface area (Å²) in [6.45, 7) is 4.88. The predicted molar refractivity (Wildman–Crippen MR) is 48.3 cm³/mol. The van der Waals surface area contributed by atoms with E-state index < -0.39 is 0 Å². The summed E-state index contributed by atoms with van der Waals surface area (Å²) in [6, 6.07) is 0. The van der Waals surface area contributed by atoms with Gasteiger partial charge in [0.2, 0.25) is 0 Å². The lowest BCUT2D eigenvalue weighted by atomic mass is 10.1. The molecule has 1 fully saturated rings. The normalized spacial score (nSPS) is 27.0. The number of nitrogens with one attached hydrogen (secondary N) is 1. The lowest BCUT2D eigenvalue weighted by Gasteiger charge is -2.26. The zero-order valence-electron chi connectivity index (χ0n) is 8.01. The van der Waals surface area contributed by atoms with Crippen molar-refractivity contribution >= 4 is 0 Å². The van der Waals surface area contributed by atoms with Gasteiger partial charge in [-0.1, -0.05) is 0 Å². The summed E-state index contributed by atoms with van der Waals surface area (Å²) in [5.74, 6) is 0. The Morgan fingerprint density at radius 1 is 1.58 bits per heavy atom. The molecule has 0 spiro atoms. The first-order chi connectivity index (χ1) is 5.83. The Kier molecular flexibility index (Phi) is 4.58. The zero-order valence-corrected chi connectivity index (χ0v) is 8.01. The van der Waals surface area contributed by atoms with E-state index in [1.165, 1.54) is 12.8 Å². The SMILES string of the molecule is COCC(C)O[C@H]1CCCNC1. The Hall–Kier alpha value is -0.120. The van der Waals surface area contributed by atoms with Crippen molar-refractivity contribution in [2.24, 2.45) is 0 Å². The van der Waals surface area contributed by atoms with Crippen molar-refractivity contribution in [1.82, 2.24) is 5.32 Å². The highest BCUT2D eigenvalue weighted by atomic mass is 16.5. The molecule has 0 aromatic rings. The molecule has 0 amide bonds. The van der Waals surface area contributed by atoms with Crippen molar-refractivity contribution in [2.45, 2.75) is 32.0 Å². The second kappa shape index (κ2) is 5.51. The molecule has 0 aromatic carbocycles. The Labute approximate surface area is 74.4 Å². The maximum absolute atomic E-state index is 5.74. The van der Waals surface area contributed by atoms with Crippen molar-refractivity contribution in [3.63, 3.8) is 0 Å². The molecule has 1 aliphatic rings. The van der Waals surface area contributed by atoms with Gasteiger partial charge in [-0.3, -0.25) is 0 Å². The summed E-state index contributed by atoms with van der Waals surface area (Å²) >= 11 is 0. The average molecular weight is 173 g/mol. The van der Waals surface area contributed by atoms with E-state index in [4.69, 9.17) is 9.47 Å². The quantitative estimate of drug-likeness (QED) is 0.682. The Balaban J connectivity index is 2.11. The van der Waals surface area contributed by atoms with Crippen LogP contribution in [0, 0.1) is 0 Å². The predicted octanol–water partition coefficient (Wildman–Crippen LogP) is 0.790. The highest BCUT2D eigenvalue weighted by Crippen LogP contribution is 2.08. The lowest BCUT2D eigenvalue weighted by Crippen LogP contribution is -2.37. The zero-order chi connectivity index (χ0) is 8.81. The topological polar surface area (TPSA) is 30.5 Å². The van der Waals surface area contributed by atoms with Crippen LogP contribution in [0.15, 0.2) is 0 Å². The van der Waals surface area contributed by atoms with Crippen LogP contribution in [0.1, 0.15) is 19.8 Å². The van der Waals surface area contributed by atoms with Crippen LogP contribution in [0.3, 0.4) is 0 Å². The molecule has 0 aliphatic carbocycles. The van der Waals surface area contributed by atoms with Gasteiger partial charge in [0.1, 0.15) is 0 Å². The maximum atomic E-state index is 5.74. The maximum Gasteiger partial charge on any atom is 0.0784 e. The van der Waals surface area contributed by atoms with Gasteiger partial charge in [-0.2, -0.15) is 0 Å². The molecule has 1 rings (SSSR count). The third-order valence-corrected chi connectivity index (χ3v) is 2.08. The van der Waals surface area contributed by atoms with Crippen LogP contribution >= 0.6 is 0 Å². The van der Waals surface area contributed by atoms with E-state index in [0.29, 0.717) is 12.7 Å². The molecule has 0 bridgehead atoms. The first-order valence-electron chi connectivity index (χ1n) is 4.68. The molecule has 0 radical (unpaired) electrons. The molecule has 0 saturated carbocycles. The summed E-state index contributed by atoms with van der Waals surface area (Å²) in [5.41, 5.74) is 0. The minimum Gasteiger partial charge on any atom is -0.382 e. The van der Waals surface area contributed by atoms with Gasteiger partial charge in [0.25, 0.3) is 0 Å². The minimum absolute atomic E-state index is 0.222. The summed E-state index contributed by atoms with van der Waals surface area (Å²) in [5, 5.41) is 3.32. The molecule has 3 nitrogen and oxygen atoms in total. The number of hydrogen-bond acceptors (Lipinski definition) is 3. The second-order valence-electron chi connectivity index (χ2n) is 3.37. The first kappa shape index (κ1) is 9.96. The Bertz CT molecular complexity index is 113. The molecular formula is C9H19NO2.